The number of nitrogens with one attached hydrogen (secondary N) is 2. The normalized spacial score (nSPS) is 21.4. The van der Waals surface area contributed by atoms with Crippen LogP contribution in [0.15, 0.2) is 40.5 Å². The van der Waals surface area contributed by atoms with Crippen LogP contribution in [0, 0.1) is 5.13 Å². The number of halogens is 1. The molecule has 1 amide bonds. The van der Waals surface area contributed by atoms with E-state index < -0.39 is 21.1 Å². The molecule has 1 aromatic carbocycles. The number of oxime groups is 1. The van der Waals surface area contributed by atoms with Crippen molar-refractivity contribution < 1.29 is 31.9 Å². The Hall–Kier alpha value is -2.45. The minimum atomic E-state index is -3.75. The molecule has 2 atom stereocenters. The number of hydrogen-bond acceptors (Lipinski definition) is 9. The predicted molar refractivity (Wildman–Crippen MR) is 132 cm³/mol. The molecule has 1 aliphatic heterocycles. The first-order chi connectivity index (χ1) is 17.3. The molecule has 4 rings (SSSR count). The maximum atomic E-state index is 13.3. The molecule has 2 fully saturated rings. The van der Waals surface area contributed by atoms with Crippen molar-refractivity contribution in [2.75, 3.05) is 25.1 Å². The van der Waals surface area contributed by atoms with Gasteiger partial charge in [-0.25, -0.2) is 18.1 Å². The van der Waals surface area contributed by atoms with Crippen molar-refractivity contribution in [3.05, 3.63) is 41.2 Å². The van der Waals surface area contributed by atoms with Gasteiger partial charge in [0.1, 0.15) is 6.10 Å². The van der Waals surface area contributed by atoms with E-state index in [4.69, 9.17) is 14.3 Å². The highest BCUT2D eigenvalue weighted by atomic mass is 32.2. The average Bonchev–Trinajstić information content (AvgIpc) is 3.48. The number of carbonyl (C=O) groups is 1. The van der Waals surface area contributed by atoms with Gasteiger partial charge in [-0.15, -0.1) is 0 Å². The Morgan fingerprint density at radius 1 is 1.19 bits per heavy atom. The number of rotatable bonds is 10. The fourth-order valence-corrected chi connectivity index (χ4v) is 5.94. The molecule has 36 heavy (non-hydrogen) atoms. The third-order valence-corrected chi connectivity index (χ3v) is 8.16. The molecule has 13 heteroatoms. The van der Waals surface area contributed by atoms with Crippen molar-refractivity contribution in [2.45, 2.75) is 62.2 Å². The zero-order valence-corrected chi connectivity index (χ0v) is 21.4. The first-order valence-electron chi connectivity index (χ1n) is 11.8. The van der Waals surface area contributed by atoms with Crippen LogP contribution in [0.25, 0.3) is 0 Å². The average molecular weight is 541 g/mol. The Balaban J connectivity index is 1.51. The monoisotopic (exact) mass is 540 g/mol. The smallest absolute Gasteiger partial charge is 0.280 e. The molecule has 196 valence electrons. The summed E-state index contributed by atoms with van der Waals surface area (Å²) in [5, 5.41) is 6.16. The van der Waals surface area contributed by atoms with Gasteiger partial charge in [-0.2, -0.15) is 4.39 Å². The molecule has 1 aromatic heterocycles. The molecule has 2 N–H and O–H groups in total. The van der Waals surface area contributed by atoms with Crippen molar-refractivity contribution in [3.63, 3.8) is 0 Å². The molecule has 1 aliphatic carbocycles. The van der Waals surface area contributed by atoms with Gasteiger partial charge in [0, 0.05) is 37.8 Å². The molecule has 1 saturated carbocycles. The van der Waals surface area contributed by atoms with Crippen molar-refractivity contribution in [1.29, 1.82) is 0 Å². The van der Waals surface area contributed by atoms with Crippen LogP contribution in [0.3, 0.4) is 0 Å². The van der Waals surface area contributed by atoms with Crippen LogP contribution in [0.1, 0.15) is 44.6 Å². The maximum absolute atomic E-state index is 13.3. The first kappa shape index (κ1) is 26.6. The largest absolute Gasteiger partial charge is 0.392 e. The van der Waals surface area contributed by atoms with E-state index in [9.17, 15) is 17.6 Å². The van der Waals surface area contributed by atoms with Crippen LogP contribution in [0.4, 0.5) is 9.52 Å². The van der Waals surface area contributed by atoms with E-state index in [0.717, 1.165) is 19.0 Å². The second kappa shape index (κ2) is 12.2. The van der Waals surface area contributed by atoms with Crippen molar-refractivity contribution in [1.82, 2.24) is 9.71 Å². The summed E-state index contributed by atoms with van der Waals surface area (Å²) in [6.07, 6.45) is 4.30. The Morgan fingerprint density at radius 3 is 2.58 bits per heavy atom. The number of aromatic nitrogens is 1. The number of thiazole rings is 1. The van der Waals surface area contributed by atoms with Gasteiger partial charge in [-0.05, 0) is 44.7 Å². The molecule has 0 unspecified atom stereocenters. The van der Waals surface area contributed by atoms with E-state index in [0.29, 0.717) is 56.0 Å². The lowest BCUT2D eigenvalue weighted by atomic mass is 10.1. The number of hydrogen-bond donors (Lipinski definition) is 2. The standard InChI is InChI=1S/C23H29FN4O6S2/c1-2-33-17-5-6-18(13-17)34-27-21(22(29)26-23-25-14-20(24)35-23)15-3-7-19(8-4-15)36(30,31)28-16-9-11-32-12-10-16/h3-4,7-8,14,16-18,28H,2,5-6,9-13H2,1H3,(H,25,26,29)/b27-21+/t17-,18-/m1/s1. The highest BCUT2D eigenvalue weighted by Gasteiger charge is 2.28. The number of sulfonamides is 1. The molecule has 0 spiro atoms. The zero-order valence-electron chi connectivity index (χ0n) is 19.8. The lowest BCUT2D eigenvalue weighted by molar-refractivity contribution is -0.110. The first-order valence-corrected chi connectivity index (χ1v) is 14.1. The maximum Gasteiger partial charge on any atom is 0.280 e. The molecule has 1 saturated heterocycles. The predicted octanol–water partition coefficient (Wildman–Crippen LogP) is 3.06. The Morgan fingerprint density at radius 2 is 1.92 bits per heavy atom. The molecular weight excluding hydrogens is 511 g/mol. The third-order valence-electron chi connectivity index (χ3n) is 5.93. The summed E-state index contributed by atoms with van der Waals surface area (Å²) >= 11 is 0.682. The number of benzene rings is 1. The Labute approximate surface area is 213 Å². The van der Waals surface area contributed by atoms with Gasteiger partial charge >= 0.3 is 0 Å². The summed E-state index contributed by atoms with van der Waals surface area (Å²) in [4.78, 5) is 22.5. The quantitative estimate of drug-likeness (QED) is 0.350. The number of anilines is 1. The highest BCUT2D eigenvalue weighted by Crippen LogP contribution is 2.25. The van der Waals surface area contributed by atoms with Crippen molar-refractivity contribution in [2.24, 2.45) is 5.16 Å². The van der Waals surface area contributed by atoms with E-state index in [2.05, 4.69) is 20.2 Å². The van der Waals surface area contributed by atoms with Gasteiger partial charge in [-0.3, -0.25) is 10.1 Å². The molecule has 2 heterocycles. The summed E-state index contributed by atoms with van der Waals surface area (Å²) in [5.41, 5.74) is 0.265. The molecule has 2 aromatic rings. The molecule has 0 radical (unpaired) electrons. The van der Waals surface area contributed by atoms with Crippen molar-refractivity contribution in [3.8, 4) is 0 Å². The lowest BCUT2D eigenvalue weighted by Crippen LogP contribution is -2.38. The fraction of sp³-hybridized carbons (Fsp3) is 0.522. The van der Waals surface area contributed by atoms with Gasteiger partial charge in [-0.1, -0.05) is 28.6 Å². The molecule has 10 nitrogen and oxygen atoms in total. The van der Waals surface area contributed by atoms with Crippen molar-refractivity contribution >= 4 is 38.1 Å². The van der Waals surface area contributed by atoms with Gasteiger partial charge in [0.25, 0.3) is 5.91 Å². The van der Waals surface area contributed by atoms with E-state index in [1.165, 1.54) is 24.3 Å². The van der Waals surface area contributed by atoms with Gasteiger partial charge < -0.3 is 14.3 Å². The minimum absolute atomic E-state index is 0.0655. The van der Waals surface area contributed by atoms with Crippen LogP contribution in [0.2, 0.25) is 0 Å². The second-order valence-electron chi connectivity index (χ2n) is 8.51. The van der Waals surface area contributed by atoms with E-state index in [-0.39, 0.29) is 34.0 Å². The lowest BCUT2D eigenvalue weighted by Gasteiger charge is -2.23. The summed E-state index contributed by atoms with van der Waals surface area (Å²) < 4.78 is 52.6. The fourth-order valence-electron chi connectivity index (χ4n) is 4.10. The molecule has 0 bridgehead atoms. The Bertz CT molecular complexity index is 1170. The SMILES string of the molecule is CCO[C@@H]1CC[C@@H](O/N=C(/C(=O)Nc2ncc(F)s2)c2ccc(S(=O)(=O)NC3CCOCC3)cc2)C1. The van der Waals surface area contributed by atoms with E-state index in [1.54, 1.807) is 0 Å². The second-order valence-corrected chi connectivity index (χ2v) is 11.2. The number of carbonyl (C=O) groups excluding carboxylic acids is 1. The van der Waals surface area contributed by atoms with Crippen LogP contribution < -0.4 is 10.0 Å². The minimum Gasteiger partial charge on any atom is -0.392 e. The van der Waals surface area contributed by atoms with Crippen LogP contribution in [-0.4, -0.2) is 63.1 Å². The summed E-state index contributed by atoms with van der Waals surface area (Å²) in [5.74, 6) is -0.653. The summed E-state index contributed by atoms with van der Waals surface area (Å²) in [6, 6.07) is 5.60. The van der Waals surface area contributed by atoms with E-state index >= 15 is 0 Å². The molecule has 2 aliphatic rings. The van der Waals surface area contributed by atoms with Crippen LogP contribution >= 0.6 is 11.3 Å². The van der Waals surface area contributed by atoms with E-state index in [1.807, 2.05) is 6.92 Å². The Kier molecular flexibility index (Phi) is 9.01. The van der Waals surface area contributed by atoms with Crippen LogP contribution in [-0.2, 0) is 29.1 Å². The third kappa shape index (κ3) is 7.07. The number of amides is 1. The summed E-state index contributed by atoms with van der Waals surface area (Å²) in [7, 11) is -3.75. The van der Waals surface area contributed by atoms with Gasteiger partial charge in [0.15, 0.2) is 16.0 Å². The van der Waals surface area contributed by atoms with Crippen LogP contribution in [0.5, 0.6) is 0 Å². The number of ether oxygens (including phenoxy) is 2. The topological polar surface area (TPSA) is 128 Å². The van der Waals surface area contributed by atoms with Gasteiger partial charge in [0.05, 0.1) is 17.2 Å². The number of nitrogens with zero attached hydrogens (tertiary/aromatic N) is 2. The highest BCUT2D eigenvalue weighted by molar-refractivity contribution is 7.89. The zero-order chi connectivity index (χ0) is 25.5. The molecular formula is C23H29FN4O6S2. The van der Waals surface area contributed by atoms with Gasteiger partial charge in [0.2, 0.25) is 10.0 Å². The summed E-state index contributed by atoms with van der Waals surface area (Å²) in [6.45, 7) is 3.56.